The number of benzene rings is 1. The van der Waals surface area contributed by atoms with Crippen LogP contribution in [0.25, 0.3) is 0 Å². The van der Waals surface area contributed by atoms with Crippen molar-refractivity contribution in [3.8, 4) is 0 Å². The molecule has 0 aromatic heterocycles. The van der Waals surface area contributed by atoms with Crippen molar-refractivity contribution in [1.82, 2.24) is 16.0 Å². The molecule has 1 atom stereocenters. The molecule has 0 bridgehead atoms. The van der Waals surface area contributed by atoms with Gasteiger partial charge in [0.15, 0.2) is 5.96 Å². The Balaban J connectivity index is 0.00000338. The van der Waals surface area contributed by atoms with Gasteiger partial charge in [0.25, 0.3) is 0 Å². The minimum atomic E-state index is -0.0223. The van der Waals surface area contributed by atoms with Crippen molar-refractivity contribution < 1.29 is 9.59 Å². The summed E-state index contributed by atoms with van der Waals surface area (Å²) in [6.07, 6.45) is 0.430. The molecule has 1 saturated heterocycles. The maximum absolute atomic E-state index is 12.2. The summed E-state index contributed by atoms with van der Waals surface area (Å²) in [6, 6.07) is 9.66. The molecule has 7 nitrogen and oxygen atoms in total. The first-order valence-corrected chi connectivity index (χ1v) is 8.61. The van der Waals surface area contributed by atoms with Gasteiger partial charge in [0.1, 0.15) is 0 Å². The predicted octanol–water partition coefficient (Wildman–Crippen LogP) is 1.35. The van der Waals surface area contributed by atoms with Crippen molar-refractivity contribution in [3.05, 3.63) is 30.3 Å². The third-order valence-corrected chi connectivity index (χ3v) is 4.00. The number of halogens is 1. The van der Waals surface area contributed by atoms with Gasteiger partial charge in [-0.2, -0.15) is 0 Å². The normalized spacial score (nSPS) is 17.1. The highest BCUT2D eigenvalue weighted by Crippen LogP contribution is 2.20. The number of hydrogen-bond acceptors (Lipinski definition) is 3. The van der Waals surface area contributed by atoms with E-state index in [0.717, 1.165) is 5.69 Å². The molecule has 0 radical (unpaired) electrons. The zero-order valence-electron chi connectivity index (χ0n) is 15.5. The number of aliphatic imine (C=N–C) groups is 1. The summed E-state index contributed by atoms with van der Waals surface area (Å²) in [7, 11) is 1.69. The average molecular weight is 473 g/mol. The van der Waals surface area contributed by atoms with Crippen LogP contribution >= 0.6 is 24.0 Å². The molecule has 3 N–H and O–H groups in total. The van der Waals surface area contributed by atoms with Gasteiger partial charge >= 0.3 is 0 Å². The first-order valence-electron chi connectivity index (χ1n) is 8.61. The van der Waals surface area contributed by atoms with Crippen LogP contribution < -0.4 is 20.9 Å². The fraction of sp³-hybridized carbons (Fsp3) is 0.500. The Labute approximate surface area is 172 Å². The van der Waals surface area contributed by atoms with Crippen molar-refractivity contribution in [2.45, 2.75) is 26.3 Å². The minimum absolute atomic E-state index is 0. The molecular weight excluding hydrogens is 445 g/mol. The minimum Gasteiger partial charge on any atom is -0.355 e. The van der Waals surface area contributed by atoms with Gasteiger partial charge in [0.2, 0.25) is 11.8 Å². The standard InChI is InChI=1S/C18H27N5O2.HI/c1-13(2)17(25)20-9-10-21-18(19-3)22-14-11-16(24)23(12-14)15-7-5-4-6-8-15;/h4-8,13-14H,9-12H2,1-3H3,(H,20,25)(H2,19,21,22);1H. The van der Waals surface area contributed by atoms with Crippen molar-refractivity contribution in [1.29, 1.82) is 0 Å². The molecule has 0 saturated carbocycles. The number of carbonyl (C=O) groups is 2. The number of guanidine groups is 1. The SMILES string of the molecule is CN=C(NCCNC(=O)C(C)C)NC1CC(=O)N(c2ccccc2)C1.I. The third-order valence-electron chi connectivity index (χ3n) is 4.00. The molecular formula is C18H28IN5O2. The van der Waals surface area contributed by atoms with Crippen LogP contribution in [0.3, 0.4) is 0 Å². The third kappa shape index (κ3) is 6.47. The fourth-order valence-corrected chi connectivity index (χ4v) is 2.62. The Kier molecular flexibility index (Phi) is 9.39. The first kappa shape index (κ1) is 22.2. The Bertz CT molecular complexity index is 621. The van der Waals surface area contributed by atoms with E-state index >= 15 is 0 Å². The number of amides is 2. The second-order valence-electron chi connectivity index (χ2n) is 6.33. The maximum atomic E-state index is 12.2. The molecule has 1 aliphatic heterocycles. The molecule has 0 spiro atoms. The lowest BCUT2D eigenvalue weighted by molar-refractivity contribution is -0.124. The number of rotatable bonds is 6. The summed E-state index contributed by atoms with van der Waals surface area (Å²) >= 11 is 0. The maximum Gasteiger partial charge on any atom is 0.229 e. The molecule has 1 unspecified atom stereocenters. The Hall–Kier alpha value is -1.84. The summed E-state index contributed by atoms with van der Waals surface area (Å²) in [5.41, 5.74) is 0.913. The number of carbonyl (C=O) groups excluding carboxylic acids is 2. The molecule has 1 heterocycles. The monoisotopic (exact) mass is 473 g/mol. The van der Waals surface area contributed by atoms with Gasteiger partial charge in [0, 0.05) is 44.7 Å². The van der Waals surface area contributed by atoms with Gasteiger partial charge in [-0.05, 0) is 12.1 Å². The van der Waals surface area contributed by atoms with E-state index in [-0.39, 0.29) is 47.8 Å². The van der Waals surface area contributed by atoms with Crippen molar-refractivity contribution >= 4 is 47.4 Å². The van der Waals surface area contributed by atoms with Crippen LogP contribution in [0.1, 0.15) is 20.3 Å². The molecule has 2 rings (SSSR count). The quantitative estimate of drug-likeness (QED) is 0.252. The average Bonchev–Trinajstić information content (AvgIpc) is 2.98. The smallest absolute Gasteiger partial charge is 0.229 e. The number of anilines is 1. The number of para-hydroxylation sites is 1. The van der Waals surface area contributed by atoms with Gasteiger partial charge in [0.05, 0.1) is 6.04 Å². The molecule has 1 aromatic rings. The number of nitrogens with zero attached hydrogens (tertiary/aromatic N) is 2. The molecule has 26 heavy (non-hydrogen) atoms. The summed E-state index contributed by atoms with van der Waals surface area (Å²) in [6.45, 7) is 5.42. The van der Waals surface area contributed by atoms with Gasteiger partial charge in [-0.25, -0.2) is 0 Å². The van der Waals surface area contributed by atoms with E-state index in [1.807, 2.05) is 44.2 Å². The highest BCUT2D eigenvalue weighted by Gasteiger charge is 2.30. The van der Waals surface area contributed by atoms with Crippen LogP contribution in [0.4, 0.5) is 5.69 Å². The second kappa shape index (κ2) is 11.0. The lowest BCUT2D eigenvalue weighted by Crippen LogP contribution is -2.46. The molecule has 1 aliphatic rings. The summed E-state index contributed by atoms with van der Waals surface area (Å²) in [4.78, 5) is 29.7. The molecule has 1 aromatic carbocycles. The van der Waals surface area contributed by atoms with Crippen LogP contribution in [-0.2, 0) is 9.59 Å². The molecule has 2 amide bonds. The van der Waals surface area contributed by atoms with E-state index in [2.05, 4.69) is 20.9 Å². The first-order chi connectivity index (χ1) is 12.0. The molecule has 1 fully saturated rings. The largest absolute Gasteiger partial charge is 0.355 e. The van der Waals surface area contributed by atoms with Crippen molar-refractivity contribution in [2.75, 3.05) is 31.6 Å². The molecule has 8 heteroatoms. The van der Waals surface area contributed by atoms with Gasteiger partial charge in [-0.3, -0.25) is 14.6 Å². The second-order valence-corrected chi connectivity index (χ2v) is 6.33. The summed E-state index contributed by atoms with van der Waals surface area (Å²) < 4.78 is 0. The van der Waals surface area contributed by atoms with E-state index in [1.165, 1.54) is 0 Å². The van der Waals surface area contributed by atoms with Crippen LogP contribution in [0, 0.1) is 5.92 Å². The Morgan fingerprint density at radius 3 is 2.50 bits per heavy atom. The van der Waals surface area contributed by atoms with E-state index in [4.69, 9.17) is 0 Å². The Morgan fingerprint density at radius 1 is 1.23 bits per heavy atom. The van der Waals surface area contributed by atoms with E-state index in [1.54, 1.807) is 11.9 Å². The van der Waals surface area contributed by atoms with Crippen LogP contribution in [-0.4, -0.2) is 50.5 Å². The van der Waals surface area contributed by atoms with Gasteiger partial charge < -0.3 is 20.9 Å². The number of hydrogen-bond donors (Lipinski definition) is 3. The lowest BCUT2D eigenvalue weighted by atomic mass is 10.2. The van der Waals surface area contributed by atoms with Crippen LogP contribution in [0.5, 0.6) is 0 Å². The van der Waals surface area contributed by atoms with E-state index in [0.29, 0.717) is 32.0 Å². The Morgan fingerprint density at radius 2 is 1.88 bits per heavy atom. The highest BCUT2D eigenvalue weighted by molar-refractivity contribution is 14.0. The lowest BCUT2D eigenvalue weighted by Gasteiger charge is -2.19. The zero-order chi connectivity index (χ0) is 18.2. The van der Waals surface area contributed by atoms with E-state index < -0.39 is 0 Å². The summed E-state index contributed by atoms with van der Waals surface area (Å²) in [5, 5.41) is 9.27. The predicted molar refractivity (Wildman–Crippen MR) is 115 cm³/mol. The number of nitrogens with one attached hydrogen (secondary N) is 3. The van der Waals surface area contributed by atoms with Gasteiger partial charge in [-0.15, -0.1) is 24.0 Å². The zero-order valence-corrected chi connectivity index (χ0v) is 17.8. The van der Waals surface area contributed by atoms with E-state index in [9.17, 15) is 9.59 Å². The van der Waals surface area contributed by atoms with Crippen LogP contribution in [0.15, 0.2) is 35.3 Å². The van der Waals surface area contributed by atoms with Crippen molar-refractivity contribution in [3.63, 3.8) is 0 Å². The molecule has 144 valence electrons. The fourth-order valence-electron chi connectivity index (χ4n) is 2.62. The topological polar surface area (TPSA) is 85.8 Å². The van der Waals surface area contributed by atoms with Crippen LogP contribution in [0.2, 0.25) is 0 Å². The van der Waals surface area contributed by atoms with Crippen molar-refractivity contribution in [2.24, 2.45) is 10.9 Å². The highest BCUT2D eigenvalue weighted by atomic mass is 127. The van der Waals surface area contributed by atoms with Gasteiger partial charge in [-0.1, -0.05) is 32.0 Å². The molecule has 0 aliphatic carbocycles. The summed E-state index contributed by atoms with van der Waals surface area (Å²) in [5.74, 6) is 0.741.